The van der Waals surface area contributed by atoms with E-state index in [0.29, 0.717) is 18.4 Å². The van der Waals surface area contributed by atoms with Crippen molar-refractivity contribution in [3.05, 3.63) is 0 Å². The van der Waals surface area contributed by atoms with Gasteiger partial charge in [0.25, 0.3) is 0 Å². The molecule has 19 heavy (non-hydrogen) atoms. The third-order valence-electron chi connectivity index (χ3n) is 3.75. The first kappa shape index (κ1) is 14.2. The third kappa shape index (κ3) is 4.40. The molecule has 0 bridgehead atoms. The number of carboxylic acids is 1. The molecule has 0 aromatic rings. The number of rotatable bonds is 7. The van der Waals surface area contributed by atoms with E-state index in [1.807, 2.05) is 13.8 Å². The van der Waals surface area contributed by atoms with Crippen LogP contribution >= 0.6 is 0 Å². The highest BCUT2D eigenvalue weighted by Gasteiger charge is 2.42. The van der Waals surface area contributed by atoms with Gasteiger partial charge in [-0.1, -0.05) is 13.8 Å². The SMILES string of the molecule is CC(C)CN(CC(=O)O)C(=O)NC(C1CC1)C1CC1. The van der Waals surface area contributed by atoms with Gasteiger partial charge in [0.2, 0.25) is 0 Å². The number of nitrogens with one attached hydrogen (secondary N) is 1. The van der Waals surface area contributed by atoms with Gasteiger partial charge in [-0.15, -0.1) is 0 Å². The Morgan fingerprint density at radius 1 is 1.21 bits per heavy atom. The van der Waals surface area contributed by atoms with Crippen LogP contribution in [0.4, 0.5) is 4.79 Å². The second kappa shape index (κ2) is 5.80. The van der Waals surface area contributed by atoms with E-state index in [1.54, 1.807) is 0 Å². The highest BCUT2D eigenvalue weighted by atomic mass is 16.4. The predicted molar refractivity (Wildman–Crippen MR) is 71.8 cm³/mol. The van der Waals surface area contributed by atoms with Gasteiger partial charge in [0.1, 0.15) is 6.54 Å². The van der Waals surface area contributed by atoms with E-state index in [1.165, 1.54) is 30.6 Å². The highest BCUT2D eigenvalue weighted by molar-refractivity contribution is 5.80. The predicted octanol–water partition coefficient (Wildman–Crippen LogP) is 1.93. The Balaban J connectivity index is 1.90. The summed E-state index contributed by atoms with van der Waals surface area (Å²) in [5.74, 6) is 0.569. The minimum absolute atomic E-state index is 0.208. The average molecular weight is 268 g/mol. The third-order valence-corrected chi connectivity index (χ3v) is 3.75. The molecular formula is C14H24N2O3. The zero-order valence-corrected chi connectivity index (χ0v) is 11.8. The quantitative estimate of drug-likeness (QED) is 0.741. The number of aliphatic carboxylic acids is 1. The van der Waals surface area contributed by atoms with Crippen LogP contribution in [0.3, 0.4) is 0 Å². The highest BCUT2D eigenvalue weighted by Crippen LogP contribution is 2.44. The summed E-state index contributed by atoms with van der Waals surface area (Å²) in [4.78, 5) is 24.5. The molecule has 5 heteroatoms. The van der Waals surface area contributed by atoms with Gasteiger partial charge >= 0.3 is 12.0 Å². The number of carbonyl (C=O) groups is 2. The van der Waals surface area contributed by atoms with Crippen molar-refractivity contribution in [2.24, 2.45) is 17.8 Å². The second-order valence-corrected chi connectivity index (χ2v) is 6.32. The standard InChI is InChI=1S/C14H24N2O3/c1-9(2)7-16(8-12(17)18)14(19)15-13(10-3-4-10)11-5-6-11/h9-11,13H,3-8H2,1-2H3,(H,15,19)(H,17,18). The summed E-state index contributed by atoms with van der Waals surface area (Å²) in [5, 5.41) is 12.0. The molecule has 0 aromatic carbocycles. The summed E-state index contributed by atoms with van der Waals surface area (Å²) in [7, 11) is 0. The van der Waals surface area contributed by atoms with Gasteiger partial charge in [0.05, 0.1) is 0 Å². The fourth-order valence-electron chi connectivity index (χ4n) is 2.59. The van der Waals surface area contributed by atoms with E-state index in [0.717, 1.165) is 0 Å². The normalized spacial score (nSPS) is 18.7. The maximum absolute atomic E-state index is 12.2. The number of carbonyl (C=O) groups excluding carboxylic acids is 1. The van der Waals surface area contributed by atoms with E-state index < -0.39 is 5.97 Å². The molecule has 2 saturated carbocycles. The smallest absolute Gasteiger partial charge is 0.323 e. The van der Waals surface area contributed by atoms with E-state index in [4.69, 9.17) is 5.11 Å². The number of carboxylic acid groups (broad SMARTS) is 1. The van der Waals surface area contributed by atoms with Crippen molar-refractivity contribution in [3.8, 4) is 0 Å². The molecule has 0 spiro atoms. The van der Waals surface area contributed by atoms with Crippen LogP contribution in [0.1, 0.15) is 39.5 Å². The Morgan fingerprint density at radius 2 is 1.74 bits per heavy atom. The van der Waals surface area contributed by atoms with Crippen molar-refractivity contribution in [1.29, 1.82) is 0 Å². The molecule has 0 unspecified atom stereocenters. The Morgan fingerprint density at radius 3 is 2.11 bits per heavy atom. The van der Waals surface area contributed by atoms with Crippen LogP contribution < -0.4 is 5.32 Å². The van der Waals surface area contributed by atoms with Gasteiger partial charge in [-0.3, -0.25) is 4.79 Å². The van der Waals surface area contributed by atoms with E-state index in [2.05, 4.69) is 5.32 Å². The second-order valence-electron chi connectivity index (χ2n) is 6.32. The molecule has 2 N–H and O–H groups in total. The molecule has 2 fully saturated rings. The monoisotopic (exact) mass is 268 g/mol. The van der Waals surface area contributed by atoms with E-state index in [9.17, 15) is 9.59 Å². The summed E-state index contributed by atoms with van der Waals surface area (Å²) in [6, 6.07) is 0.0656. The Labute approximate surface area is 114 Å². The number of nitrogens with zero attached hydrogens (tertiary/aromatic N) is 1. The molecule has 5 nitrogen and oxygen atoms in total. The molecule has 2 amide bonds. The minimum atomic E-state index is -0.954. The van der Waals surface area contributed by atoms with Crippen molar-refractivity contribution in [2.45, 2.75) is 45.6 Å². The molecule has 0 saturated heterocycles. The first-order valence-electron chi connectivity index (χ1n) is 7.24. The molecule has 108 valence electrons. The number of amides is 2. The summed E-state index contributed by atoms with van der Waals surface area (Å²) in [5.41, 5.74) is 0. The average Bonchev–Trinajstić information content (AvgIpc) is 3.13. The topological polar surface area (TPSA) is 69.6 Å². The first-order chi connectivity index (χ1) is 8.97. The van der Waals surface area contributed by atoms with Gasteiger partial charge in [0.15, 0.2) is 0 Å². The van der Waals surface area contributed by atoms with Crippen molar-refractivity contribution >= 4 is 12.0 Å². The van der Waals surface area contributed by atoms with Gasteiger partial charge in [-0.2, -0.15) is 0 Å². The van der Waals surface area contributed by atoms with Crippen molar-refractivity contribution in [3.63, 3.8) is 0 Å². The largest absolute Gasteiger partial charge is 0.480 e. The van der Waals surface area contributed by atoms with Gasteiger partial charge < -0.3 is 15.3 Å². The summed E-state index contributed by atoms with van der Waals surface area (Å²) in [6.07, 6.45) is 4.80. The number of hydrogen-bond donors (Lipinski definition) is 2. The van der Waals surface area contributed by atoms with Gasteiger partial charge in [-0.05, 0) is 43.4 Å². The molecule has 0 atom stereocenters. The van der Waals surface area contributed by atoms with Crippen LogP contribution in [0.15, 0.2) is 0 Å². The Bertz CT molecular complexity index is 337. The van der Waals surface area contributed by atoms with Crippen molar-refractivity contribution in [2.75, 3.05) is 13.1 Å². The van der Waals surface area contributed by atoms with Crippen LogP contribution in [0.2, 0.25) is 0 Å². The van der Waals surface area contributed by atoms with E-state index in [-0.39, 0.29) is 24.5 Å². The summed E-state index contributed by atoms with van der Waals surface area (Å²) < 4.78 is 0. The molecule has 2 aliphatic rings. The Hall–Kier alpha value is -1.26. The molecule has 0 aliphatic heterocycles. The summed E-state index contributed by atoms with van der Waals surface area (Å²) >= 11 is 0. The number of hydrogen-bond acceptors (Lipinski definition) is 2. The minimum Gasteiger partial charge on any atom is -0.480 e. The van der Waals surface area contributed by atoms with Crippen LogP contribution in [0.5, 0.6) is 0 Å². The number of urea groups is 1. The van der Waals surface area contributed by atoms with Crippen LogP contribution in [0, 0.1) is 17.8 Å². The van der Waals surface area contributed by atoms with Crippen molar-refractivity contribution < 1.29 is 14.7 Å². The lowest BCUT2D eigenvalue weighted by Gasteiger charge is -2.26. The Kier molecular flexibility index (Phi) is 4.32. The molecule has 2 aliphatic carbocycles. The maximum atomic E-state index is 12.2. The van der Waals surface area contributed by atoms with Crippen LogP contribution in [-0.4, -0.2) is 41.1 Å². The lowest BCUT2D eigenvalue weighted by molar-refractivity contribution is -0.137. The van der Waals surface area contributed by atoms with Crippen LogP contribution in [0.25, 0.3) is 0 Å². The molecular weight excluding hydrogens is 244 g/mol. The molecule has 2 rings (SSSR count). The fourth-order valence-corrected chi connectivity index (χ4v) is 2.59. The lowest BCUT2D eigenvalue weighted by atomic mass is 10.1. The molecule has 0 aromatic heterocycles. The van der Waals surface area contributed by atoms with Crippen molar-refractivity contribution in [1.82, 2.24) is 10.2 Å². The maximum Gasteiger partial charge on any atom is 0.323 e. The summed E-state index contributed by atoms with van der Waals surface area (Å²) in [6.45, 7) is 4.25. The fraction of sp³-hybridized carbons (Fsp3) is 0.857. The van der Waals surface area contributed by atoms with Crippen LogP contribution in [-0.2, 0) is 4.79 Å². The lowest BCUT2D eigenvalue weighted by Crippen LogP contribution is -2.49. The van der Waals surface area contributed by atoms with Gasteiger partial charge in [-0.25, -0.2) is 4.79 Å². The van der Waals surface area contributed by atoms with Gasteiger partial charge in [0, 0.05) is 12.6 Å². The zero-order chi connectivity index (χ0) is 14.0. The van der Waals surface area contributed by atoms with E-state index >= 15 is 0 Å². The first-order valence-corrected chi connectivity index (χ1v) is 7.24. The molecule has 0 radical (unpaired) electrons. The zero-order valence-electron chi connectivity index (χ0n) is 11.8. The molecule has 0 heterocycles.